The molecule has 0 bridgehead atoms. The van der Waals surface area contributed by atoms with Crippen molar-refractivity contribution in [3.63, 3.8) is 0 Å². The highest BCUT2D eigenvalue weighted by molar-refractivity contribution is 5.47. The first kappa shape index (κ1) is 33.8. The van der Waals surface area contributed by atoms with Crippen molar-refractivity contribution in [1.29, 1.82) is 0 Å². The van der Waals surface area contributed by atoms with Gasteiger partial charge >= 0.3 is 0 Å². The van der Waals surface area contributed by atoms with Crippen LogP contribution in [-0.4, -0.2) is 15.0 Å². The summed E-state index contributed by atoms with van der Waals surface area (Å²) in [4.78, 5) is 16.6. The van der Waals surface area contributed by atoms with Crippen LogP contribution in [0.3, 0.4) is 0 Å². The fourth-order valence-corrected chi connectivity index (χ4v) is 7.38. The van der Waals surface area contributed by atoms with E-state index in [1.54, 1.807) is 0 Å². The van der Waals surface area contributed by atoms with Gasteiger partial charge < -0.3 is 0 Å². The van der Waals surface area contributed by atoms with Crippen LogP contribution in [0.25, 0.3) is 0 Å². The predicted octanol–water partition coefficient (Wildman–Crippen LogP) is 11.3. The predicted molar refractivity (Wildman–Crippen MR) is 210 cm³/mol. The van der Waals surface area contributed by atoms with Gasteiger partial charge in [-0.25, -0.2) is 15.0 Å². The van der Waals surface area contributed by atoms with Crippen LogP contribution in [0.1, 0.15) is 102 Å². The Labute approximate surface area is 303 Å². The number of hydrogen-bond donors (Lipinski definition) is 0. The summed E-state index contributed by atoms with van der Waals surface area (Å²) in [5.41, 5.74) is 14.2. The molecule has 0 saturated heterocycles. The lowest BCUT2D eigenvalue weighted by Crippen LogP contribution is -2.20. The van der Waals surface area contributed by atoms with Gasteiger partial charge in [-0.05, 0) is 74.9 Å². The summed E-state index contributed by atoms with van der Waals surface area (Å²) in [5, 5.41) is 0. The standard InChI is InChI=1S/C48H45N3/c1-31-13-7-19-37(25-31)43(38-20-8-14-32(2)26-38)46-49-47(44(39-21-9-15-33(3)27-39)40-22-10-16-34(4)28-40)51-48(50-46)45(41-23-11-17-35(5)29-41)42-24-12-18-36(6)30-42/h7-30,43-45H,1-6H3. The molecule has 3 heteroatoms. The fourth-order valence-electron chi connectivity index (χ4n) is 7.38. The highest BCUT2D eigenvalue weighted by atomic mass is 15.0. The van der Waals surface area contributed by atoms with Gasteiger partial charge in [0.1, 0.15) is 17.5 Å². The number of hydrogen-bond acceptors (Lipinski definition) is 3. The lowest BCUT2D eigenvalue weighted by atomic mass is 9.86. The zero-order valence-corrected chi connectivity index (χ0v) is 30.4. The molecule has 0 unspecified atom stereocenters. The Hall–Kier alpha value is -5.67. The van der Waals surface area contributed by atoms with Crippen LogP contribution in [0.5, 0.6) is 0 Å². The Morgan fingerprint density at radius 3 is 0.608 bits per heavy atom. The summed E-state index contributed by atoms with van der Waals surface area (Å²) in [5.74, 6) is 1.66. The van der Waals surface area contributed by atoms with Crippen molar-refractivity contribution in [1.82, 2.24) is 15.0 Å². The molecule has 0 amide bonds. The number of benzene rings is 6. The van der Waals surface area contributed by atoms with Crippen molar-refractivity contribution in [2.45, 2.75) is 59.3 Å². The van der Waals surface area contributed by atoms with Crippen LogP contribution in [0.2, 0.25) is 0 Å². The Bertz CT molecular complexity index is 1910. The summed E-state index contributed by atoms with van der Waals surface area (Å²) in [6, 6.07) is 52.6. The maximum Gasteiger partial charge on any atom is 0.144 e. The Morgan fingerprint density at radius 1 is 0.275 bits per heavy atom. The lowest BCUT2D eigenvalue weighted by Gasteiger charge is -2.25. The summed E-state index contributed by atoms with van der Waals surface area (Å²) in [6.45, 7) is 12.9. The van der Waals surface area contributed by atoms with Crippen LogP contribution in [0.4, 0.5) is 0 Å². The van der Waals surface area contributed by atoms with Gasteiger partial charge in [-0.2, -0.15) is 0 Å². The third-order valence-corrected chi connectivity index (χ3v) is 9.71. The monoisotopic (exact) mass is 663 g/mol. The lowest BCUT2D eigenvalue weighted by molar-refractivity contribution is 0.707. The maximum absolute atomic E-state index is 5.54. The van der Waals surface area contributed by atoms with Crippen LogP contribution >= 0.6 is 0 Å². The van der Waals surface area contributed by atoms with Gasteiger partial charge in [-0.3, -0.25) is 0 Å². The molecule has 0 aliphatic heterocycles. The number of aromatic nitrogens is 3. The number of aryl methyl sites for hydroxylation is 6. The molecular formula is C48H45N3. The molecule has 51 heavy (non-hydrogen) atoms. The third-order valence-electron chi connectivity index (χ3n) is 9.71. The average molecular weight is 664 g/mol. The van der Waals surface area contributed by atoms with Crippen LogP contribution in [0, 0.1) is 41.5 Å². The molecule has 0 aliphatic carbocycles. The SMILES string of the molecule is Cc1cccc(C(c2cccc(C)c2)c2nc(C(c3cccc(C)c3)c3cccc(C)c3)nc(C(c3cccc(C)c3)c3cccc(C)c3)n2)c1. The van der Waals surface area contributed by atoms with E-state index in [2.05, 4.69) is 187 Å². The van der Waals surface area contributed by atoms with Crippen molar-refractivity contribution in [3.8, 4) is 0 Å². The molecule has 0 fully saturated rings. The summed E-state index contributed by atoms with van der Waals surface area (Å²) < 4.78 is 0. The Kier molecular flexibility index (Phi) is 9.72. The first-order chi connectivity index (χ1) is 24.7. The molecular weight excluding hydrogens is 619 g/mol. The summed E-state index contributed by atoms with van der Waals surface area (Å²) in [6.07, 6.45) is 0. The minimum atomic E-state index is -0.198. The molecule has 0 spiro atoms. The smallest absolute Gasteiger partial charge is 0.144 e. The van der Waals surface area contributed by atoms with Gasteiger partial charge in [0, 0.05) is 0 Å². The van der Waals surface area contributed by atoms with E-state index in [-0.39, 0.29) is 17.8 Å². The highest BCUT2D eigenvalue weighted by Crippen LogP contribution is 2.38. The molecule has 252 valence electrons. The van der Waals surface area contributed by atoms with Crippen molar-refractivity contribution in [2.75, 3.05) is 0 Å². The molecule has 7 rings (SSSR count). The van der Waals surface area contributed by atoms with Gasteiger partial charge in [0.15, 0.2) is 0 Å². The van der Waals surface area contributed by atoms with E-state index < -0.39 is 0 Å². The van der Waals surface area contributed by atoms with Crippen LogP contribution < -0.4 is 0 Å². The van der Waals surface area contributed by atoms with Gasteiger partial charge in [0.25, 0.3) is 0 Å². The van der Waals surface area contributed by atoms with Crippen LogP contribution in [-0.2, 0) is 0 Å². The quantitative estimate of drug-likeness (QED) is 0.154. The average Bonchev–Trinajstić information content (AvgIpc) is 3.09. The second-order valence-electron chi connectivity index (χ2n) is 14.2. The minimum absolute atomic E-state index is 0.198. The number of rotatable bonds is 9. The van der Waals surface area contributed by atoms with Gasteiger partial charge in [0.2, 0.25) is 0 Å². The second-order valence-corrected chi connectivity index (χ2v) is 14.2. The van der Waals surface area contributed by atoms with E-state index in [9.17, 15) is 0 Å². The van der Waals surface area contributed by atoms with E-state index in [1.165, 1.54) is 33.4 Å². The molecule has 6 aromatic carbocycles. The summed E-state index contributed by atoms with van der Waals surface area (Å²) in [7, 11) is 0. The van der Waals surface area contributed by atoms with Gasteiger partial charge in [0.05, 0.1) is 17.8 Å². The molecule has 0 saturated carbocycles. The maximum atomic E-state index is 5.54. The van der Waals surface area contributed by atoms with Crippen LogP contribution in [0.15, 0.2) is 146 Å². The normalized spacial score (nSPS) is 11.5. The van der Waals surface area contributed by atoms with Crippen molar-refractivity contribution in [3.05, 3.63) is 230 Å². The van der Waals surface area contributed by atoms with E-state index in [0.717, 1.165) is 50.9 Å². The second kappa shape index (κ2) is 14.7. The Balaban J connectivity index is 1.57. The fraction of sp³-hybridized carbons (Fsp3) is 0.188. The van der Waals surface area contributed by atoms with Gasteiger partial charge in [-0.15, -0.1) is 0 Å². The molecule has 7 aromatic rings. The number of nitrogens with zero attached hydrogens (tertiary/aromatic N) is 3. The van der Waals surface area contributed by atoms with Gasteiger partial charge in [-0.1, -0.05) is 179 Å². The topological polar surface area (TPSA) is 38.7 Å². The van der Waals surface area contributed by atoms with E-state index >= 15 is 0 Å². The van der Waals surface area contributed by atoms with E-state index in [0.29, 0.717) is 0 Å². The van der Waals surface area contributed by atoms with Crippen molar-refractivity contribution in [2.24, 2.45) is 0 Å². The molecule has 1 aromatic heterocycles. The molecule has 0 atom stereocenters. The summed E-state index contributed by atoms with van der Waals surface area (Å²) >= 11 is 0. The largest absolute Gasteiger partial charge is 0.216 e. The highest BCUT2D eigenvalue weighted by Gasteiger charge is 2.30. The first-order valence-corrected chi connectivity index (χ1v) is 17.9. The zero-order valence-electron chi connectivity index (χ0n) is 30.4. The molecule has 1 heterocycles. The first-order valence-electron chi connectivity index (χ1n) is 17.9. The van der Waals surface area contributed by atoms with E-state index in [4.69, 9.17) is 15.0 Å². The van der Waals surface area contributed by atoms with E-state index in [1.807, 2.05) is 0 Å². The minimum Gasteiger partial charge on any atom is -0.216 e. The molecule has 3 nitrogen and oxygen atoms in total. The Morgan fingerprint density at radius 2 is 0.451 bits per heavy atom. The molecule has 0 aliphatic rings. The third kappa shape index (κ3) is 7.59. The molecule has 0 radical (unpaired) electrons. The zero-order chi connectivity index (χ0) is 35.5. The van der Waals surface area contributed by atoms with Crippen molar-refractivity contribution < 1.29 is 0 Å². The molecule has 0 N–H and O–H groups in total. The van der Waals surface area contributed by atoms with Crippen molar-refractivity contribution >= 4 is 0 Å².